The Hall–Kier alpha value is -2.11. The maximum atomic E-state index is 12.3. The molecule has 0 aromatic heterocycles. The average molecular weight is 280 g/mol. The number of hydrogen-bond acceptors (Lipinski definition) is 4. The minimum atomic E-state index is -0.680. The van der Waals surface area contributed by atoms with Crippen molar-refractivity contribution in [3.8, 4) is 5.75 Å². The summed E-state index contributed by atoms with van der Waals surface area (Å²) in [6.07, 6.45) is 0.968. The van der Waals surface area contributed by atoms with E-state index in [1.54, 1.807) is 4.90 Å². The molecule has 1 rings (SSSR count). The smallest absolute Gasteiger partial charge is 0.310 e. The molecule has 1 aromatic carbocycles. The Balaban J connectivity index is 2.95. The van der Waals surface area contributed by atoms with E-state index < -0.39 is 16.4 Å². The first kappa shape index (κ1) is 15.9. The summed E-state index contributed by atoms with van der Waals surface area (Å²) in [5.74, 6) is -0.330. The van der Waals surface area contributed by atoms with Crippen molar-refractivity contribution < 1.29 is 14.8 Å². The van der Waals surface area contributed by atoms with Crippen LogP contribution in [0, 0.1) is 16.0 Å². The molecule has 0 radical (unpaired) electrons. The van der Waals surface area contributed by atoms with Gasteiger partial charge in [0, 0.05) is 24.7 Å². The number of nitrogens with zero attached hydrogens (tertiary/aromatic N) is 2. The van der Waals surface area contributed by atoms with Gasteiger partial charge >= 0.3 is 5.69 Å². The van der Waals surface area contributed by atoms with Gasteiger partial charge in [0.05, 0.1) is 4.92 Å². The third-order valence-corrected chi connectivity index (χ3v) is 3.32. The van der Waals surface area contributed by atoms with Crippen molar-refractivity contribution in [2.75, 3.05) is 13.1 Å². The molecule has 0 spiro atoms. The monoisotopic (exact) mass is 280 g/mol. The van der Waals surface area contributed by atoms with Crippen molar-refractivity contribution in [2.45, 2.75) is 27.2 Å². The first-order chi connectivity index (χ1) is 9.40. The second kappa shape index (κ2) is 6.88. The summed E-state index contributed by atoms with van der Waals surface area (Å²) in [7, 11) is 0. The lowest BCUT2D eigenvalue weighted by atomic mass is 10.1. The predicted molar refractivity (Wildman–Crippen MR) is 75.8 cm³/mol. The van der Waals surface area contributed by atoms with Gasteiger partial charge in [0.2, 0.25) is 0 Å². The number of carbonyl (C=O) groups is 1. The Bertz CT molecular complexity index is 502. The summed E-state index contributed by atoms with van der Waals surface area (Å²) in [4.78, 5) is 23.9. The highest BCUT2D eigenvalue weighted by atomic mass is 16.6. The lowest BCUT2D eigenvalue weighted by Crippen LogP contribution is -2.34. The van der Waals surface area contributed by atoms with Crippen LogP contribution < -0.4 is 0 Å². The number of nitro groups is 1. The van der Waals surface area contributed by atoms with Crippen molar-refractivity contribution in [3.63, 3.8) is 0 Å². The van der Waals surface area contributed by atoms with Crippen molar-refractivity contribution in [3.05, 3.63) is 33.9 Å². The quantitative estimate of drug-likeness (QED) is 0.641. The zero-order valence-corrected chi connectivity index (χ0v) is 12.0. The van der Waals surface area contributed by atoms with Crippen LogP contribution in [0.5, 0.6) is 5.75 Å². The number of benzene rings is 1. The van der Waals surface area contributed by atoms with Gasteiger partial charge in [0.15, 0.2) is 5.75 Å². The molecule has 110 valence electrons. The van der Waals surface area contributed by atoms with E-state index >= 15 is 0 Å². The largest absolute Gasteiger partial charge is 0.502 e. The van der Waals surface area contributed by atoms with Gasteiger partial charge in [-0.2, -0.15) is 0 Å². The van der Waals surface area contributed by atoms with E-state index in [-0.39, 0.29) is 11.5 Å². The molecule has 6 heteroatoms. The van der Waals surface area contributed by atoms with E-state index in [0.29, 0.717) is 19.0 Å². The molecule has 1 aromatic rings. The van der Waals surface area contributed by atoms with Crippen LogP contribution in [0.1, 0.15) is 37.6 Å². The summed E-state index contributed by atoms with van der Waals surface area (Å²) in [5, 5.41) is 20.2. The molecule has 0 aliphatic rings. The van der Waals surface area contributed by atoms with E-state index in [0.717, 1.165) is 18.6 Å². The number of rotatable bonds is 6. The normalized spacial score (nSPS) is 11.9. The number of phenols is 1. The average Bonchev–Trinajstić information content (AvgIpc) is 2.43. The lowest BCUT2D eigenvalue weighted by Gasteiger charge is -2.24. The maximum absolute atomic E-state index is 12.3. The highest BCUT2D eigenvalue weighted by molar-refractivity contribution is 5.95. The third kappa shape index (κ3) is 3.69. The van der Waals surface area contributed by atoms with E-state index in [9.17, 15) is 20.0 Å². The lowest BCUT2D eigenvalue weighted by molar-refractivity contribution is -0.385. The minimum Gasteiger partial charge on any atom is -0.502 e. The number of nitro benzene ring substituents is 1. The van der Waals surface area contributed by atoms with Crippen molar-refractivity contribution in [1.82, 2.24) is 4.90 Å². The third-order valence-electron chi connectivity index (χ3n) is 3.32. The maximum Gasteiger partial charge on any atom is 0.310 e. The van der Waals surface area contributed by atoms with Gasteiger partial charge in [-0.1, -0.05) is 20.3 Å². The number of amides is 1. The Morgan fingerprint density at radius 3 is 2.55 bits per heavy atom. The molecule has 1 N–H and O–H groups in total. The van der Waals surface area contributed by atoms with Crippen LogP contribution in [-0.2, 0) is 0 Å². The molecule has 0 saturated heterocycles. The Morgan fingerprint density at radius 1 is 1.45 bits per heavy atom. The Labute approximate surface area is 118 Å². The molecular weight excluding hydrogens is 260 g/mol. The van der Waals surface area contributed by atoms with Gasteiger partial charge in [-0.05, 0) is 25.0 Å². The molecule has 1 unspecified atom stereocenters. The molecule has 0 heterocycles. The van der Waals surface area contributed by atoms with Gasteiger partial charge in [0.25, 0.3) is 5.91 Å². The second-order valence-electron chi connectivity index (χ2n) is 4.82. The zero-order valence-electron chi connectivity index (χ0n) is 12.0. The molecule has 0 aliphatic heterocycles. The number of hydrogen-bond donors (Lipinski definition) is 1. The fourth-order valence-corrected chi connectivity index (χ4v) is 1.85. The molecule has 0 saturated carbocycles. The van der Waals surface area contributed by atoms with Gasteiger partial charge in [0.1, 0.15) is 0 Å². The fourth-order valence-electron chi connectivity index (χ4n) is 1.85. The van der Waals surface area contributed by atoms with Crippen LogP contribution in [0.4, 0.5) is 5.69 Å². The van der Waals surface area contributed by atoms with Gasteiger partial charge in [-0.15, -0.1) is 0 Å². The molecular formula is C14H20N2O4. The molecule has 6 nitrogen and oxygen atoms in total. The van der Waals surface area contributed by atoms with Gasteiger partial charge < -0.3 is 10.0 Å². The SMILES string of the molecule is CCC(C)CN(CC)C(=O)c1ccc([N+](=O)[O-])c(O)c1. The first-order valence-corrected chi connectivity index (χ1v) is 6.67. The summed E-state index contributed by atoms with van der Waals surface area (Å²) < 4.78 is 0. The predicted octanol–water partition coefficient (Wildman–Crippen LogP) is 2.81. The standard InChI is InChI=1S/C14H20N2O4/c1-4-10(3)9-15(5-2)14(18)11-6-7-12(16(19)20)13(17)8-11/h6-8,10,17H,4-5,9H2,1-3H3. The Kier molecular flexibility index (Phi) is 5.49. The summed E-state index contributed by atoms with van der Waals surface area (Å²) in [5.41, 5.74) is -0.134. The molecule has 1 atom stereocenters. The summed E-state index contributed by atoms with van der Waals surface area (Å²) >= 11 is 0. The number of carbonyl (C=O) groups excluding carboxylic acids is 1. The van der Waals surface area contributed by atoms with Crippen LogP contribution >= 0.6 is 0 Å². The second-order valence-corrected chi connectivity index (χ2v) is 4.82. The Morgan fingerprint density at radius 2 is 2.10 bits per heavy atom. The first-order valence-electron chi connectivity index (χ1n) is 6.67. The summed E-state index contributed by atoms with van der Waals surface area (Å²) in [6.45, 7) is 7.18. The molecule has 20 heavy (non-hydrogen) atoms. The topological polar surface area (TPSA) is 83.7 Å². The zero-order chi connectivity index (χ0) is 15.3. The van der Waals surface area contributed by atoms with Gasteiger partial charge in [-0.25, -0.2) is 0 Å². The summed E-state index contributed by atoms with van der Waals surface area (Å²) in [6, 6.07) is 3.68. The van der Waals surface area contributed by atoms with Crippen LogP contribution in [-0.4, -0.2) is 33.9 Å². The minimum absolute atomic E-state index is 0.224. The van der Waals surface area contributed by atoms with E-state index in [1.165, 1.54) is 6.07 Å². The van der Waals surface area contributed by atoms with Crippen molar-refractivity contribution in [2.24, 2.45) is 5.92 Å². The van der Waals surface area contributed by atoms with Crippen LogP contribution in [0.2, 0.25) is 0 Å². The van der Waals surface area contributed by atoms with E-state index in [4.69, 9.17) is 0 Å². The molecule has 0 bridgehead atoms. The van der Waals surface area contributed by atoms with E-state index in [1.807, 2.05) is 6.92 Å². The van der Waals surface area contributed by atoms with Crippen LogP contribution in [0.3, 0.4) is 0 Å². The molecule has 0 fully saturated rings. The van der Waals surface area contributed by atoms with Crippen molar-refractivity contribution in [1.29, 1.82) is 0 Å². The van der Waals surface area contributed by atoms with E-state index in [2.05, 4.69) is 13.8 Å². The van der Waals surface area contributed by atoms with Crippen LogP contribution in [0.25, 0.3) is 0 Å². The number of aromatic hydroxyl groups is 1. The number of phenolic OH excluding ortho intramolecular Hbond substituents is 1. The fraction of sp³-hybridized carbons (Fsp3) is 0.500. The van der Waals surface area contributed by atoms with Crippen LogP contribution in [0.15, 0.2) is 18.2 Å². The highest BCUT2D eigenvalue weighted by Crippen LogP contribution is 2.26. The molecule has 0 aliphatic carbocycles. The van der Waals surface area contributed by atoms with Gasteiger partial charge in [-0.3, -0.25) is 14.9 Å². The van der Waals surface area contributed by atoms with Crippen molar-refractivity contribution >= 4 is 11.6 Å². The molecule has 1 amide bonds. The highest BCUT2D eigenvalue weighted by Gasteiger charge is 2.20.